The highest BCUT2D eigenvalue weighted by molar-refractivity contribution is 5.85. The number of carbonyl (C=O) groups is 1. The summed E-state index contributed by atoms with van der Waals surface area (Å²) in [5, 5.41) is 16.6. The van der Waals surface area contributed by atoms with Gasteiger partial charge in [-0.3, -0.25) is 20.8 Å². The maximum atomic E-state index is 11.8. The summed E-state index contributed by atoms with van der Waals surface area (Å²) in [5.41, 5.74) is 3.13. The van der Waals surface area contributed by atoms with E-state index >= 15 is 0 Å². The highest BCUT2D eigenvalue weighted by atomic mass is 16.6. The Bertz CT molecular complexity index is 530. The van der Waals surface area contributed by atoms with E-state index in [0.717, 1.165) is 12.8 Å². The second-order valence-corrected chi connectivity index (χ2v) is 4.82. The molecule has 0 bridgehead atoms. The molecule has 1 atom stereocenters. The molecule has 0 spiro atoms. The van der Waals surface area contributed by atoms with E-state index in [9.17, 15) is 14.9 Å². The Kier molecular flexibility index (Phi) is 4.04. The van der Waals surface area contributed by atoms with Crippen LogP contribution in [0.5, 0.6) is 0 Å². The van der Waals surface area contributed by atoms with Crippen molar-refractivity contribution in [2.45, 2.75) is 31.8 Å². The third-order valence-corrected chi connectivity index (χ3v) is 3.00. The summed E-state index contributed by atoms with van der Waals surface area (Å²) < 4.78 is 0. The Labute approximate surface area is 115 Å². The fraction of sp³-hybridized carbons (Fsp3) is 0.417. The van der Waals surface area contributed by atoms with Crippen LogP contribution in [0, 0.1) is 10.1 Å². The van der Waals surface area contributed by atoms with Gasteiger partial charge >= 0.3 is 0 Å². The molecule has 0 saturated heterocycles. The highest BCUT2D eigenvalue weighted by Gasteiger charge is 2.25. The zero-order chi connectivity index (χ0) is 14.7. The molecule has 1 aliphatic rings. The van der Waals surface area contributed by atoms with Crippen LogP contribution in [0.25, 0.3) is 0 Å². The smallest absolute Gasteiger partial charge is 0.273 e. The molecule has 108 valence electrons. The number of hydrogen-bond acceptors (Lipinski definition) is 6. The second-order valence-electron chi connectivity index (χ2n) is 4.82. The molecular weight excluding hydrogens is 262 g/mol. The third-order valence-electron chi connectivity index (χ3n) is 3.00. The lowest BCUT2D eigenvalue weighted by Gasteiger charge is -2.15. The van der Waals surface area contributed by atoms with Crippen LogP contribution in [0.3, 0.4) is 0 Å². The minimum Gasteiger partial charge on any atom is -0.374 e. The van der Waals surface area contributed by atoms with E-state index in [2.05, 4.69) is 16.1 Å². The average Bonchev–Trinajstić information content (AvgIpc) is 3.22. The fourth-order valence-corrected chi connectivity index (χ4v) is 1.75. The molecule has 0 radical (unpaired) electrons. The second kappa shape index (κ2) is 5.74. The molecule has 8 nitrogen and oxygen atoms in total. The Hall–Kier alpha value is -2.35. The SMILES string of the molecule is CC(Nc1cc(NN)cc([N+](=O)[O-])c1)C(=O)NC1CC1. The summed E-state index contributed by atoms with van der Waals surface area (Å²) in [6, 6.07) is 4.08. The van der Waals surface area contributed by atoms with Crippen LogP contribution in [-0.4, -0.2) is 22.9 Å². The topological polar surface area (TPSA) is 122 Å². The van der Waals surface area contributed by atoms with Gasteiger partial charge in [0.1, 0.15) is 6.04 Å². The number of nitrogens with zero attached hydrogens (tertiary/aromatic N) is 1. The van der Waals surface area contributed by atoms with Crippen molar-refractivity contribution < 1.29 is 9.72 Å². The molecule has 1 aromatic rings. The van der Waals surface area contributed by atoms with Crippen molar-refractivity contribution in [1.29, 1.82) is 0 Å². The molecule has 5 N–H and O–H groups in total. The number of hydrogen-bond donors (Lipinski definition) is 4. The molecule has 20 heavy (non-hydrogen) atoms. The summed E-state index contributed by atoms with van der Waals surface area (Å²) in [6.45, 7) is 1.70. The van der Waals surface area contributed by atoms with Crippen molar-refractivity contribution in [3.05, 3.63) is 28.3 Å². The van der Waals surface area contributed by atoms with Gasteiger partial charge in [-0.2, -0.15) is 0 Å². The van der Waals surface area contributed by atoms with Gasteiger partial charge in [-0.1, -0.05) is 0 Å². The van der Waals surface area contributed by atoms with Crippen molar-refractivity contribution in [3.63, 3.8) is 0 Å². The number of carbonyl (C=O) groups excluding carboxylic acids is 1. The molecule has 1 saturated carbocycles. The Morgan fingerprint density at radius 2 is 2.05 bits per heavy atom. The van der Waals surface area contributed by atoms with Crippen LogP contribution in [-0.2, 0) is 4.79 Å². The van der Waals surface area contributed by atoms with Crippen molar-refractivity contribution >= 4 is 23.0 Å². The third kappa shape index (κ3) is 3.58. The number of anilines is 2. The minimum atomic E-state index is -0.513. The minimum absolute atomic E-state index is 0.0993. The largest absolute Gasteiger partial charge is 0.374 e. The summed E-state index contributed by atoms with van der Waals surface area (Å²) in [5.74, 6) is 5.15. The molecule has 8 heteroatoms. The number of benzene rings is 1. The van der Waals surface area contributed by atoms with Gasteiger partial charge in [-0.25, -0.2) is 0 Å². The Morgan fingerprint density at radius 3 is 2.60 bits per heavy atom. The maximum Gasteiger partial charge on any atom is 0.273 e. The number of rotatable bonds is 6. The van der Waals surface area contributed by atoms with E-state index in [-0.39, 0.29) is 17.6 Å². The van der Waals surface area contributed by atoms with Gasteiger partial charge in [0.15, 0.2) is 0 Å². The zero-order valence-corrected chi connectivity index (χ0v) is 11.1. The summed E-state index contributed by atoms with van der Waals surface area (Å²) in [4.78, 5) is 22.1. The van der Waals surface area contributed by atoms with Crippen molar-refractivity contribution in [2.75, 3.05) is 10.7 Å². The monoisotopic (exact) mass is 279 g/mol. The molecule has 1 aliphatic carbocycles. The predicted octanol–water partition coefficient (Wildman–Crippen LogP) is 0.959. The lowest BCUT2D eigenvalue weighted by molar-refractivity contribution is -0.384. The first-order chi connectivity index (χ1) is 9.49. The van der Waals surface area contributed by atoms with Crippen LogP contribution in [0.1, 0.15) is 19.8 Å². The first-order valence-corrected chi connectivity index (χ1v) is 6.32. The molecule has 0 aliphatic heterocycles. The fourth-order valence-electron chi connectivity index (χ4n) is 1.75. The summed E-state index contributed by atoms with van der Waals surface area (Å²) in [6.07, 6.45) is 2.02. The predicted molar refractivity (Wildman–Crippen MR) is 75.2 cm³/mol. The van der Waals surface area contributed by atoms with E-state index in [1.807, 2.05) is 0 Å². The molecule has 1 fully saturated rings. The van der Waals surface area contributed by atoms with Crippen molar-refractivity contribution in [3.8, 4) is 0 Å². The van der Waals surface area contributed by atoms with Gasteiger partial charge in [0.05, 0.1) is 10.6 Å². The molecule has 0 heterocycles. The number of non-ortho nitro benzene ring substituents is 1. The molecule has 2 rings (SSSR count). The number of hydrazine groups is 1. The number of nitro groups is 1. The van der Waals surface area contributed by atoms with E-state index < -0.39 is 11.0 Å². The zero-order valence-electron chi connectivity index (χ0n) is 11.1. The Balaban J connectivity index is 2.08. The lowest BCUT2D eigenvalue weighted by Crippen LogP contribution is -2.38. The first kappa shape index (κ1) is 14.1. The van der Waals surface area contributed by atoms with Gasteiger partial charge in [0, 0.05) is 23.9 Å². The van der Waals surface area contributed by atoms with Crippen LogP contribution < -0.4 is 21.9 Å². The van der Waals surface area contributed by atoms with Crippen LogP contribution in [0.15, 0.2) is 18.2 Å². The number of amides is 1. The standard InChI is InChI=1S/C12H17N5O3/c1-7(12(18)15-8-2-3-8)14-9-4-10(16-13)6-11(5-9)17(19)20/h4-8,14,16H,2-3,13H2,1H3,(H,15,18). The number of nitro benzene ring substituents is 1. The lowest BCUT2D eigenvalue weighted by atomic mass is 10.2. The Morgan fingerprint density at radius 1 is 1.40 bits per heavy atom. The first-order valence-electron chi connectivity index (χ1n) is 6.32. The van der Waals surface area contributed by atoms with Gasteiger partial charge in [0.25, 0.3) is 5.69 Å². The maximum absolute atomic E-state index is 11.8. The molecular formula is C12H17N5O3. The van der Waals surface area contributed by atoms with Gasteiger partial charge in [0.2, 0.25) is 5.91 Å². The van der Waals surface area contributed by atoms with E-state index in [4.69, 9.17) is 5.84 Å². The van der Waals surface area contributed by atoms with Gasteiger partial charge in [-0.05, 0) is 25.8 Å². The number of nitrogens with one attached hydrogen (secondary N) is 3. The quantitative estimate of drug-likeness (QED) is 0.349. The highest BCUT2D eigenvalue weighted by Crippen LogP contribution is 2.24. The van der Waals surface area contributed by atoms with E-state index in [1.165, 1.54) is 12.1 Å². The van der Waals surface area contributed by atoms with E-state index in [1.54, 1.807) is 13.0 Å². The number of nitrogens with two attached hydrogens (primary N) is 1. The molecule has 0 aromatic heterocycles. The normalized spacial score (nSPS) is 15.3. The molecule has 1 amide bonds. The van der Waals surface area contributed by atoms with Crippen LogP contribution >= 0.6 is 0 Å². The summed E-state index contributed by atoms with van der Waals surface area (Å²) >= 11 is 0. The van der Waals surface area contributed by atoms with Gasteiger partial charge in [-0.15, -0.1) is 0 Å². The van der Waals surface area contributed by atoms with Gasteiger partial charge < -0.3 is 16.1 Å². The number of nitrogen functional groups attached to an aromatic ring is 1. The van der Waals surface area contributed by atoms with Crippen molar-refractivity contribution in [1.82, 2.24) is 5.32 Å². The molecule has 1 unspecified atom stereocenters. The molecule has 1 aromatic carbocycles. The average molecular weight is 279 g/mol. The van der Waals surface area contributed by atoms with Crippen LogP contribution in [0.2, 0.25) is 0 Å². The summed E-state index contributed by atoms with van der Waals surface area (Å²) in [7, 11) is 0. The van der Waals surface area contributed by atoms with Crippen LogP contribution in [0.4, 0.5) is 17.1 Å². The van der Waals surface area contributed by atoms with E-state index in [0.29, 0.717) is 11.4 Å². The van der Waals surface area contributed by atoms with Crippen molar-refractivity contribution in [2.24, 2.45) is 5.84 Å².